The number of sulfonamides is 1. The van der Waals surface area contributed by atoms with Crippen molar-refractivity contribution in [3.8, 4) is 0 Å². The summed E-state index contributed by atoms with van der Waals surface area (Å²) >= 11 is 5.98. The lowest BCUT2D eigenvalue weighted by Crippen LogP contribution is -2.50. The lowest BCUT2D eigenvalue weighted by Gasteiger charge is -2.32. The van der Waals surface area contributed by atoms with Crippen molar-refractivity contribution >= 4 is 33.2 Å². The van der Waals surface area contributed by atoms with Crippen molar-refractivity contribution in [1.29, 1.82) is 0 Å². The van der Waals surface area contributed by atoms with Gasteiger partial charge >= 0.3 is 0 Å². The maximum Gasteiger partial charge on any atom is 0.244 e. The molecule has 0 saturated heterocycles. The minimum atomic E-state index is -3.73. The number of carbonyl (C=O) groups is 1. The molecule has 3 aromatic rings. The molecule has 0 aliphatic carbocycles. The number of anilines is 1. The second kappa shape index (κ2) is 10.2. The van der Waals surface area contributed by atoms with E-state index in [-0.39, 0.29) is 5.91 Å². The van der Waals surface area contributed by atoms with Crippen molar-refractivity contribution in [2.75, 3.05) is 10.6 Å². The standard InChI is InChI=1S/C25H27ClN2O3S/c1-4-23(28(32(3,30)31)21-16-14-20(26)15-17-21)25(29)27-24(19-11-6-5-7-12-19)22-13-9-8-10-18(22)2/h5-17,23-24H,4H2,1-3H3,(H,27,29)/t23-,24-/m1/s1. The molecule has 0 fully saturated rings. The molecule has 0 bridgehead atoms. The number of carbonyl (C=O) groups excluding carboxylic acids is 1. The molecule has 0 heterocycles. The van der Waals surface area contributed by atoms with Gasteiger partial charge in [0.2, 0.25) is 15.9 Å². The first kappa shape index (κ1) is 23.8. The van der Waals surface area contributed by atoms with Crippen LogP contribution in [0.2, 0.25) is 5.02 Å². The third-order valence-corrected chi connectivity index (χ3v) is 6.76. The third kappa shape index (κ3) is 5.50. The van der Waals surface area contributed by atoms with Crippen LogP contribution in [-0.4, -0.2) is 26.6 Å². The van der Waals surface area contributed by atoms with Crippen molar-refractivity contribution in [3.63, 3.8) is 0 Å². The highest BCUT2D eigenvalue weighted by atomic mass is 35.5. The van der Waals surface area contributed by atoms with Crippen LogP contribution in [0.3, 0.4) is 0 Å². The minimum absolute atomic E-state index is 0.302. The topological polar surface area (TPSA) is 66.5 Å². The van der Waals surface area contributed by atoms with Crippen LogP contribution in [0.4, 0.5) is 5.69 Å². The van der Waals surface area contributed by atoms with E-state index in [0.29, 0.717) is 17.1 Å². The van der Waals surface area contributed by atoms with Gasteiger partial charge in [-0.3, -0.25) is 9.10 Å². The minimum Gasteiger partial charge on any atom is -0.343 e. The van der Waals surface area contributed by atoms with Gasteiger partial charge < -0.3 is 5.32 Å². The molecule has 0 spiro atoms. The molecule has 5 nitrogen and oxygen atoms in total. The Kier molecular flexibility index (Phi) is 7.59. The summed E-state index contributed by atoms with van der Waals surface area (Å²) < 4.78 is 26.6. The highest BCUT2D eigenvalue weighted by molar-refractivity contribution is 7.92. The van der Waals surface area contributed by atoms with Crippen molar-refractivity contribution in [2.45, 2.75) is 32.4 Å². The van der Waals surface area contributed by atoms with Gasteiger partial charge in [-0.15, -0.1) is 0 Å². The normalized spacial score (nSPS) is 13.2. The van der Waals surface area contributed by atoms with Gasteiger partial charge in [0.15, 0.2) is 0 Å². The summed E-state index contributed by atoms with van der Waals surface area (Å²) in [7, 11) is -3.73. The smallest absolute Gasteiger partial charge is 0.244 e. The Balaban J connectivity index is 2.01. The Morgan fingerprint density at radius 1 is 0.969 bits per heavy atom. The van der Waals surface area contributed by atoms with Crippen LogP contribution in [0.15, 0.2) is 78.9 Å². The molecular weight excluding hydrogens is 444 g/mol. The fraction of sp³-hybridized carbons (Fsp3) is 0.240. The summed E-state index contributed by atoms with van der Waals surface area (Å²) in [5.74, 6) is -0.370. The third-order valence-electron chi connectivity index (χ3n) is 5.33. The van der Waals surface area contributed by atoms with Gasteiger partial charge in [-0.1, -0.05) is 73.1 Å². The lowest BCUT2D eigenvalue weighted by atomic mass is 9.94. The zero-order chi connectivity index (χ0) is 23.3. The zero-order valence-corrected chi connectivity index (χ0v) is 19.9. The van der Waals surface area contributed by atoms with Crippen molar-refractivity contribution < 1.29 is 13.2 Å². The summed E-state index contributed by atoms with van der Waals surface area (Å²) in [6.45, 7) is 3.79. The average molecular weight is 471 g/mol. The molecule has 3 aromatic carbocycles. The first-order chi connectivity index (χ1) is 15.2. The highest BCUT2D eigenvalue weighted by Crippen LogP contribution is 2.28. The second-order valence-corrected chi connectivity index (χ2v) is 9.96. The van der Waals surface area contributed by atoms with E-state index in [1.807, 2.05) is 61.5 Å². The van der Waals surface area contributed by atoms with Gasteiger partial charge in [0.05, 0.1) is 18.0 Å². The molecule has 168 valence electrons. The molecule has 0 saturated carbocycles. The zero-order valence-electron chi connectivity index (χ0n) is 18.3. The molecule has 1 N–H and O–H groups in total. The fourth-order valence-electron chi connectivity index (χ4n) is 3.78. The second-order valence-electron chi connectivity index (χ2n) is 7.67. The van der Waals surface area contributed by atoms with Gasteiger partial charge in [-0.2, -0.15) is 0 Å². The van der Waals surface area contributed by atoms with Crippen molar-refractivity contribution in [1.82, 2.24) is 5.32 Å². The fourth-order valence-corrected chi connectivity index (χ4v) is 5.12. The van der Waals surface area contributed by atoms with Gasteiger partial charge in [-0.05, 0) is 54.3 Å². The van der Waals surface area contributed by atoms with Gasteiger partial charge in [0.1, 0.15) is 6.04 Å². The number of aryl methyl sites for hydroxylation is 1. The number of rotatable bonds is 8. The quantitative estimate of drug-likeness (QED) is 0.498. The first-order valence-corrected chi connectivity index (χ1v) is 12.6. The van der Waals surface area contributed by atoms with E-state index in [0.717, 1.165) is 22.9 Å². The molecule has 3 rings (SSSR count). The van der Waals surface area contributed by atoms with Gasteiger partial charge in [0.25, 0.3) is 0 Å². The summed E-state index contributed by atoms with van der Waals surface area (Å²) in [6, 6.07) is 22.6. The van der Waals surface area contributed by atoms with E-state index < -0.39 is 22.1 Å². The molecule has 2 atom stereocenters. The number of hydrogen-bond donors (Lipinski definition) is 1. The molecule has 1 amide bonds. The predicted molar refractivity (Wildman–Crippen MR) is 130 cm³/mol. The summed E-state index contributed by atoms with van der Waals surface area (Å²) in [5.41, 5.74) is 3.31. The Bertz CT molecular complexity index is 1170. The maximum absolute atomic E-state index is 13.5. The maximum atomic E-state index is 13.5. The number of benzene rings is 3. The number of nitrogens with one attached hydrogen (secondary N) is 1. The number of nitrogens with zero attached hydrogens (tertiary/aromatic N) is 1. The SMILES string of the molecule is CC[C@H](C(=O)N[C@H](c1ccccc1)c1ccccc1C)N(c1ccc(Cl)cc1)S(C)(=O)=O. The predicted octanol–water partition coefficient (Wildman–Crippen LogP) is 5.10. The van der Waals surface area contributed by atoms with E-state index in [4.69, 9.17) is 11.6 Å². The Morgan fingerprint density at radius 3 is 2.12 bits per heavy atom. The number of halogens is 1. The van der Waals surface area contributed by atoms with Gasteiger partial charge in [0, 0.05) is 5.02 Å². The van der Waals surface area contributed by atoms with E-state index in [1.165, 1.54) is 4.31 Å². The van der Waals surface area contributed by atoms with Crippen molar-refractivity contribution in [2.24, 2.45) is 0 Å². The monoisotopic (exact) mass is 470 g/mol. The van der Waals surface area contributed by atoms with Gasteiger partial charge in [-0.25, -0.2) is 8.42 Å². The van der Waals surface area contributed by atoms with Crippen LogP contribution in [0, 0.1) is 6.92 Å². The van der Waals surface area contributed by atoms with Crippen LogP contribution in [0.5, 0.6) is 0 Å². The molecule has 0 aliphatic rings. The molecule has 7 heteroatoms. The molecule has 32 heavy (non-hydrogen) atoms. The molecular formula is C25H27ClN2O3S. The molecule has 0 aromatic heterocycles. The Labute approximate surface area is 195 Å². The Hall–Kier alpha value is -2.83. The average Bonchev–Trinajstić information content (AvgIpc) is 2.77. The van der Waals surface area contributed by atoms with Crippen LogP contribution in [0.25, 0.3) is 0 Å². The van der Waals surface area contributed by atoms with Crippen LogP contribution in [0.1, 0.15) is 36.1 Å². The van der Waals surface area contributed by atoms with Crippen molar-refractivity contribution in [3.05, 3.63) is 101 Å². The van der Waals surface area contributed by atoms with Crippen LogP contribution >= 0.6 is 11.6 Å². The summed E-state index contributed by atoms with van der Waals surface area (Å²) in [4.78, 5) is 13.5. The van der Waals surface area contributed by atoms with E-state index in [1.54, 1.807) is 31.2 Å². The molecule has 0 radical (unpaired) electrons. The lowest BCUT2D eigenvalue weighted by molar-refractivity contribution is -0.122. The molecule has 0 aliphatic heterocycles. The van der Waals surface area contributed by atoms with Crippen LogP contribution in [-0.2, 0) is 14.8 Å². The first-order valence-electron chi connectivity index (χ1n) is 10.4. The van der Waals surface area contributed by atoms with E-state index >= 15 is 0 Å². The summed E-state index contributed by atoms with van der Waals surface area (Å²) in [5, 5.41) is 3.59. The Morgan fingerprint density at radius 2 is 1.56 bits per heavy atom. The summed E-state index contributed by atoms with van der Waals surface area (Å²) in [6.07, 6.45) is 1.41. The largest absolute Gasteiger partial charge is 0.343 e. The van der Waals surface area contributed by atoms with E-state index in [2.05, 4.69) is 5.32 Å². The molecule has 0 unspecified atom stereocenters. The number of hydrogen-bond acceptors (Lipinski definition) is 3. The number of amides is 1. The highest BCUT2D eigenvalue weighted by Gasteiger charge is 2.33. The van der Waals surface area contributed by atoms with E-state index in [9.17, 15) is 13.2 Å². The van der Waals surface area contributed by atoms with Crippen LogP contribution < -0.4 is 9.62 Å².